The Bertz CT molecular complexity index is 478. The third kappa shape index (κ3) is 7.17. The molecule has 0 aliphatic carbocycles. The number of halogens is 4. The van der Waals surface area contributed by atoms with Crippen LogP contribution in [-0.2, 0) is 4.74 Å². The van der Waals surface area contributed by atoms with Gasteiger partial charge < -0.3 is 15.0 Å². The molecule has 0 saturated carbocycles. The van der Waals surface area contributed by atoms with Gasteiger partial charge >= 0.3 is 6.18 Å². The van der Waals surface area contributed by atoms with Crippen LogP contribution in [0.3, 0.4) is 0 Å². The minimum absolute atomic E-state index is 0. The van der Waals surface area contributed by atoms with Crippen molar-refractivity contribution < 1.29 is 17.9 Å². The van der Waals surface area contributed by atoms with Crippen molar-refractivity contribution in [3.05, 3.63) is 0 Å². The summed E-state index contributed by atoms with van der Waals surface area (Å²) in [6, 6.07) is -1.03. The monoisotopic (exact) mass is 521 g/mol. The predicted octanol–water partition coefficient (Wildman–Crippen LogP) is 2.11. The molecule has 2 unspecified atom stereocenters. The number of guanidine groups is 1. The highest BCUT2D eigenvalue weighted by Gasteiger charge is 2.41. The van der Waals surface area contributed by atoms with Gasteiger partial charge in [-0.3, -0.25) is 14.8 Å². The lowest BCUT2D eigenvalue weighted by Crippen LogP contribution is -2.58. The Labute approximate surface area is 183 Å². The van der Waals surface area contributed by atoms with Crippen LogP contribution in [0, 0.1) is 5.92 Å². The van der Waals surface area contributed by atoms with Gasteiger partial charge in [0.1, 0.15) is 6.04 Å². The molecule has 28 heavy (non-hydrogen) atoms. The summed E-state index contributed by atoms with van der Waals surface area (Å²) in [5, 5.41) is 3.44. The number of hydrogen-bond donors (Lipinski definition) is 1. The number of alkyl halides is 3. The Morgan fingerprint density at radius 1 is 1.00 bits per heavy atom. The molecule has 6 nitrogen and oxygen atoms in total. The molecule has 0 aromatic carbocycles. The minimum atomic E-state index is -4.18. The van der Waals surface area contributed by atoms with E-state index in [-0.39, 0.29) is 24.0 Å². The Morgan fingerprint density at radius 3 is 2.04 bits per heavy atom. The first kappa shape index (κ1) is 25.7. The molecule has 2 aliphatic heterocycles. The molecule has 0 aromatic heterocycles. The van der Waals surface area contributed by atoms with Crippen LogP contribution < -0.4 is 5.32 Å². The molecule has 2 heterocycles. The van der Waals surface area contributed by atoms with E-state index in [1.807, 2.05) is 0 Å². The summed E-state index contributed by atoms with van der Waals surface area (Å²) < 4.78 is 44.2. The maximum atomic E-state index is 12.9. The van der Waals surface area contributed by atoms with Crippen molar-refractivity contribution >= 4 is 29.9 Å². The van der Waals surface area contributed by atoms with E-state index in [0.717, 1.165) is 38.8 Å². The van der Waals surface area contributed by atoms with Gasteiger partial charge in [0.25, 0.3) is 0 Å². The molecule has 0 radical (unpaired) electrons. The Morgan fingerprint density at radius 2 is 1.57 bits per heavy atom. The zero-order chi connectivity index (χ0) is 20.0. The highest BCUT2D eigenvalue weighted by Crippen LogP contribution is 2.25. The number of ether oxygens (including phenoxy) is 1. The van der Waals surface area contributed by atoms with Crippen molar-refractivity contribution in [3.8, 4) is 0 Å². The molecule has 2 atom stereocenters. The fourth-order valence-electron chi connectivity index (χ4n) is 3.75. The number of morpholine rings is 1. The lowest BCUT2D eigenvalue weighted by molar-refractivity contribution is -0.181. The summed E-state index contributed by atoms with van der Waals surface area (Å²) in [6.45, 7) is 11.7. The van der Waals surface area contributed by atoms with E-state index in [0.29, 0.717) is 38.1 Å². The Hall–Kier alpha value is -0.330. The fraction of sp³-hybridized carbons (Fsp3) is 0.944. The third-order valence-electron chi connectivity index (χ3n) is 5.60. The molecule has 0 spiro atoms. The minimum Gasteiger partial charge on any atom is -0.379 e. The molecule has 0 aromatic rings. The van der Waals surface area contributed by atoms with Crippen molar-refractivity contribution in [2.45, 2.75) is 39.0 Å². The molecular weight excluding hydrogens is 486 g/mol. The van der Waals surface area contributed by atoms with Crippen molar-refractivity contribution in [1.82, 2.24) is 20.0 Å². The second-order valence-corrected chi connectivity index (χ2v) is 7.63. The van der Waals surface area contributed by atoms with E-state index in [4.69, 9.17) is 4.74 Å². The largest absolute Gasteiger partial charge is 0.403 e. The summed E-state index contributed by atoms with van der Waals surface area (Å²) >= 11 is 0. The zero-order valence-corrected chi connectivity index (χ0v) is 19.7. The van der Waals surface area contributed by atoms with Gasteiger partial charge in [-0.15, -0.1) is 24.0 Å². The van der Waals surface area contributed by atoms with Crippen molar-refractivity contribution in [3.63, 3.8) is 0 Å². The average Bonchev–Trinajstić information content (AvgIpc) is 2.64. The number of nitrogens with one attached hydrogen (secondary N) is 1. The standard InChI is InChI=1S/C18H34F3N5O.HI/c1-14(2)16(25-9-11-27-12-10-25)13-23-17(22-4)26-7-5-24(6-8-26)15(3)18(19,20)21;/h14-16H,5-13H2,1-4H3,(H,22,23);1H. The third-order valence-corrected chi connectivity index (χ3v) is 5.60. The Kier molecular flexibility index (Phi) is 10.8. The second-order valence-electron chi connectivity index (χ2n) is 7.63. The van der Waals surface area contributed by atoms with E-state index in [1.165, 1.54) is 11.8 Å². The van der Waals surface area contributed by atoms with E-state index >= 15 is 0 Å². The normalized spacial score (nSPS) is 22.7. The predicted molar refractivity (Wildman–Crippen MR) is 116 cm³/mol. The maximum absolute atomic E-state index is 12.9. The molecule has 2 saturated heterocycles. The van der Waals surface area contributed by atoms with Gasteiger partial charge in [-0.1, -0.05) is 13.8 Å². The molecule has 2 aliphatic rings. The number of aliphatic imine (C=N–C) groups is 1. The van der Waals surface area contributed by atoms with E-state index in [2.05, 4.69) is 34.0 Å². The maximum Gasteiger partial charge on any atom is 0.403 e. The van der Waals surface area contributed by atoms with Crippen LogP contribution >= 0.6 is 24.0 Å². The molecule has 2 fully saturated rings. The van der Waals surface area contributed by atoms with Gasteiger partial charge in [-0.25, -0.2) is 0 Å². The molecule has 2 rings (SSSR count). The summed E-state index contributed by atoms with van der Waals surface area (Å²) in [6.07, 6.45) is -4.18. The zero-order valence-electron chi connectivity index (χ0n) is 17.3. The first-order chi connectivity index (χ1) is 12.7. The van der Waals surface area contributed by atoms with Crippen LogP contribution in [0.5, 0.6) is 0 Å². The van der Waals surface area contributed by atoms with Gasteiger partial charge in [0, 0.05) is 58.9 Å². The van der Waals surface area contributed by atoms with E-state index in [1.54, 1.807) is 7.05 Å². The molecule has 166 valence electrons. The first-order valence-electron chi connectivity index (χ1n) is 9.82. The molecule has 10 heteroatoms. The SMILES string of the molecule is CN=C(NCC(C(C)C)N1CCOCC1)N1CCN(C(C)C(F)(F)F)CC1.I. The van der Waals surface area contributed by atoms with Crippen LogP contribution in [0.15, 0.2) is 4.99 Å². The van der Waals surface area contributed by atoms with Gasteiger partial charge in [-0.2, -0.15) is 13.2 Å². The molecule has 0 amide bonds. The van der Waals surface area contributed by atoms with Crippen LogP contribution in [0.2, 0.25) is 0 Å². The molecule has 0 bridgehead atoms. The summed E-state index contributed by atoms with van der Waals surface area (Å²) in [5.74, 6) is 1.26. The topological polar surface area (TPSA) is 43.3 Å². The average molecular weight is 521 g/mol. The van der Waals surface area contributed by atoms with Gasteiger partial charge in [-0.05, 0) is 12.8 Å². The number of rotatable bonds is 5. The molecular formula is C18H35F3IN5O. The summed E-state index contributed by atoms with van der Waals surface area (Å²) in [7, 11) is 1.73. The lowest BCUT2D eigenvalue weighted by atomic mass is 10.0. The van der Waals surface area contributed by atoms with Gasteiger partial charge in [0.2, 0.25) is 0 Å². The highest BCUT2D eigenvalue weighted by atomic mass is 127. The van der Waals surface area contributed by atoms with Crippen LogP contribution in [0.25, 0.3) is 0 Å². The number of nitrogens with zero attached hydrogens (tertiary/aromatic N) is 4. The first-order valence-corrected chi connectivity index (χ1v) is 9.82. The molecule has 1 N–H and O–H groups in total. The summed E-state index contributed by atoms with van der Waals surface area (Å²) in [4.78, 5) is 10.3. The Balaban J connectivity index is 0.00000392. The lowest BCUT2D eigenvalue weighted by Gasteiger charge is -2.41. The number of hydrogen-bond acceptors (Lipinski definition) is 4. The van der Waals surface area contributed by atoms with Crippen molar-refractivity contribution in [1.29, 1.82) is 0 Å². The number of piperazine rings is 1. The van der Waals surface area contributed by atoms with E-state index in [9.17, 15) is 13.2 Å². The highest BCUT2D eigenvalue weighted by molar-refractivity contribution is 14.0. The van der Waals surface area contributed by atoms with Crippen LogP contribution in [0.4, 0.5) is 13.2 Å². The smallest absolute Gasteiger partial charge is 0.379 e. The van der Waals surface area contributed by atoms with E-state index < -0.39 is 12.2 Å². The van der Waals surface area contributed by atoms with Crippen LogP contribution in [0.1, 0.15) is 20.8 Å². The van der Waals surface area contributed by atoms with Crippen LogP contribution in [-0.4, -0.2) is 105 Å². The van der Waals surface area contributed by atoms with Gasteiger partial charge in [0.15, 0.2) is 5.96 Å². The second kappa shape index (κ2) is 11.8. The fourth-order valence-corrected chi connectivity index (χ4v) is 3.75. The quantitative estimate of drug-likeness (QED) is 0.341. The van der Waals surface area contributed by atoms with Crippen molar-refractivity contribution in [2.75, 3.05) is 66.1 Å². The summed E-state index contributed by atoms with van der Waals surface area (Å²) in [5.41, 5.74) is 0. The van der Waals surface area contributed by atoms with Gasteiger partial charge in [0.05, 0.1) is 13.2 Å². The van der Waals surface area contributed by atoms with Crippen molar-refractivity contribution in [2.24, 2.45) is 10.9 Å².